The van der Waals surface area contributed by atoms with Crippen LogP contribution in [0.3, 0.4) is 0 Å². The number of hydrogen-bond donors (Lipinski definition) is 1. The zero-order valence-electron chi connectivity index (χ0n) is 10.3. The van der Waals surface area contributed by atoms with E-state index in [2.05, 4.69) is 27.8 Å². The van der Waals surface area contributed by atoms with Gasteiger partial charge in [0.15, 0.2) is 0 Å². The van der Waals surface area contributed by atoms with Gasteiger partial charge in [-0.25, -0.2) is 10.4 Å². The molecule has 0 fully saturated rings. The number of nitrogens with one attached hydrogen (secondary N) is 1. The lowest BCUT2D eigenvalue weighted by atomic mass is 10.0. The Morgan fingerprint density at radius 3 is 2.67 bits per heavy atom. The molecule has 0 saturated heterocycles. The van der Waals surface area contributed by atoms with Crippen molar-refractivity contribution in [2.45, 2.75) is 26.3 Å². The lowest BCUT2D eigenvalue weighted by molar-refractivity contribution is -0.125. The van der Waals surface area contributed by atoms with Gasteiger partial charge in [0.25, 0.3) is 5.91 Å². The highest BCUT2D eigenvalue weighted by Gasteiger charge is 2.37. The van der Waals surface area contributed by atoms with Crippen LogP contribution in [0.2, 0.25) is 0 Å². The molecular formula is C13H14N4O. The molecule has 18 heavy (non-hydrogen) atoms. The van der Waals surface area contributed by atoms with E-state index in [1.165, 1.54) is 5.56 Å². The van der Waals surface area contributed by atoms with E-state index in [0.717, 1.165) is 17.1 Å². The van der Waals surface area contributed by atoms with E-state index in [1.807, 2.05) is 26.0 Å². The van der Waals surface area contributed by atoms with E-state index in [0.29, 0.717) is 6.42 Å². The molecule has 1 N–H and O–H groups in total. The van der Waals surface area contributed by atoms with E-state index in [-0.39, 0.29) is 11.9 Å². The quantitative estimate of drug-likeness (QED) is 0.805. The molecule has 1 atom stereocenters. The topological polar surface area (TPSA) is 57.1 Å². The van der Waals surface area contributed by atoms with E-state index < -0.39 is 0 Å². The molecule has 92 valence electrons. The monoisotopic (exact) mass is 242 g/mol. The highest BCUT2D eigenvalue weighted by atomic mass is 16.2. The van der Waals surface area contributed by atoms with E-state index in [1.54, 1.807) is 5.01 Å². The van der Waals surface area contributed by atoms with Crippen LogP contribution < -0.4 is 5.43 Å². The number of hydrogen-bond acceptors (Lipinski definition) is 4. The van der Waals surface area contributed by atoms with Crippen LogP contribution in [0.15, 0.2) is 34.5 Å². The number of carbonyl (C=O) groups is 1. The molecule has 0 aromatic heterocycles. The van der Waals surface area contributed by atoms with Crippen molar-refractivity contribution in [2.75, 3.05) is 0 Å². The Balaban J connectivity index is 1.93. The number of rotatable bonds is 1. The fourth-order valence-corrected chi connectivity index (χ4v) is 2.20. The molecule has 0 radical (unpaired) electrons. The summed E-state index contributed by atoms with van der Waals surface area (Å²) in [6.07, 6.45) is 0.627. The fourth-order valence-electron chi connectivity index (χ4n) is 2.20. The first-order valence-electron chi connectivity index (χ1n) is 5.93. The number of amides is 1. The van der Waals surface area contributed by atoms with Gasteiger partial charge in [0.05, 0.1) is 5.71 Å². The summed E-state index contributed by atoms with van der Waals surface area (Å²) in [6, 6.07) is 7.93. The molecule has 3 rings (SSSR count). The van der Waals surface area contributed by atoms with Crippen molar-refractivity contribution >= 4 is 17.5 Å². The van der Waals surface area contributed by atoms with Crippen molar-refractivity contribution in [3.8, 4) is 0 Å². The number of amidine groups is 1. The summed E-state index contributed by atoms with van der Waals surface area (Å²) in [5, 5.41) is 10.1. The predicted octanol–water partition coefficient (Wildman–Crippen LogP) is 1.24. The van der Waals surface area contributed by atoms with Gasteiger partial charge < -0.3 is 0 Å². The lowest BCUT2D eigenvalue weighted by Gasteiger charge is -2.25. The molecule has 1 aromatic carbocycles. The Hall–Kier alpha value is -2.17. The third kappa shape index (κ3) is 1.68. The zero-order valence-corrected chi connectivity index (χ0v) is 10.3. The number of fused-ring (bicyclic) bond motifs is 1. The van der Waals surface area contributed by atoms with Crippen LogP contribution in [-0.2, 0) is 4.79 Å². The second-order valence-corrected chi connectivity index (χ2v) is 4.61. The lowest BCUT2D eigenvalue weighted by Crippen LogP contribution is -2.47. The highest BCUT2D eigenvalue weighted by molar-refractivity contribution is 6.07. The van der Waals surface area contributed by atoms with Crippen molar-refractivity contribution in [3.05, 3.63) is 35.4 Å². The van der Waals surface area contributed by atoms with E-state index in [9.17, 15) is 4.79 Å². The molecule has 2 aliphatic rings. The van der Waals surface area contributed by atoms with Gasteiger partial charge in [-0.05, 0) is 19.4 Å². The van der Waals surface area contributed by atoms with Crippen molar-refractivity contribution < 1.29 is 4.79 Å². The van der Waals surface area contributed by atoms with Crippen LogP contribution in [-0.4, -0.2) is 28.5 Å². The van der Waals surface area contributed by atoms with Crippen LogP contribution in [0.4, 0.5) is 0 Å². The molecule has 0 saturated carbocycles. The summed E-state index contributed by atoms with van der Waals surface area (Å²) < 4.78 is 0. The summed E-state index contributed by atoms with van der Waals surface area (Å²) in [7, 11) is 0. The second-order valence-electron chi connectivity index (χ2n) is 4.61. The number of aryl methyl sites for hydroxylation is 1. The van der Waals surface area contributed by atoms with Crippen LogP contribution in [0.1, 0.15) is 24.5 Å². The Kier molecular flexibility index (Phi) is 2.40. The van der Waals surface area contributed by atoms with Crippen molar-refractivity contribution in [1.82, 2.24) is 10.4 Å². The maximum atomic E-state index is 11.7. The molecule has 5 nitrogen and oxygen atoms in total. The molecule has 1 aromatic rings. The molecule has 0 bridgehead atoms. The molecular weight excluding hydrogens is 228 g/mol. The number of nitrogens with zero attached hydrogens (tertiary/aromatic N) is 3. The number of carbonyl (C=O) groups excluding carboxylic acids is 1. The summed E-state index contributed by atoms with van der Waals surface area (Å²) >= 11 is 0. The molecule has 1 unspecified atom stereocenters. The minimum absolute atomic E-state index is 0.0912. The van der Waals surface area contributed by atoms with Crippen LogP contribution in [0, 0.1) is 6.92 Å². The highest BCUT2D eigenvalue weighted by Crippen LogP contribution is 2.22. The average molecular weight is 242 g/mol. The second kappa shape index (κ2) is 3.94. The molecule has 2 heterocycles. The standard InChI is InChI=1S/C13H14N4O/c1-8-3-5-10(6-4-8)11-7-12-13(18)15-14-9(2)17(12)16-11/h3-6,12H,7H2,1-2H3,(H,15,18). The third-order valence-electron chi connectivity index (χ3n) is 3.26. The average Bonchev–Trinajstić information content (AvgIpc) is 2.81. The predicted molar refractivity (Wildman–Crippen MR) is 69.2 cm³/mol. The normalized spacial score (nSPS) is 22.2. The van der Waals surface area contributed by atoms with Gasteiger partial charge in [0.1, 0.15) is 11.9 Å². The number of hydrazone groups is 2. The fraction of sp³-hybridized carbons (Fsp3) is 0.308. The van der Waals surface area contributed by atoms with E-state index in [4.69, 9.17) is 0 Å². The van der Waals surface area contributed by atoms with Crippen molar-refractivity contribution in [2.24, 2.45) is 10.2 Å². The molecule has 2 aliphatic heterocycles. The van der Waals surface area contributed by atoms with Gasteiger partial charge in [-0.3, -0.25) is 4.79 Å². The molecule has 0 spiro atoms. The van der Waals surface area contributed by atoms with Crippen LogP contribution in [0.25, 0.3) is 0 Å². The Labute approximate surface area is 105 Å². The summed E-state index contributed by atoms with van der Waals surface area (Å²) in [6.45, 7) is 3.89. The van der Waals surface area contributed by atoms with Crippen molar-refractivity contribution in [1.29, 1.82) is 0 Å². The molecule has 1 amide bonds. The minimum atomic E-state index is -0.251. The van der Waals surface area contributed by atoms with Crippen molar-refractivity contribution in [3.63, 3.8) is 0 Å². The maximum Gasteiger partial charge on any atom is 0.265 e. The molecule has 0 aliphatic carbocycles. The first kappa shape index (κ1) is 11.0. The van der Waals surface area contributed by atoms with Gasteiger partial charge in [-0.1, -0.05) is 29.8 Å². The first-order valence-corrected chi connectivity index (χ1v) is 5.93. The summed E-state index contributed by atoms with van der Waals surface area (Å²) in [5.74, 6) is 0.633. The zero-order chi connectivity index (χ0) is 12.7. The summed E-state index contributed by atoms with van der Waals surface area (Å²) in [5.41, 5.74) is 5.73. The smallest absolute Gasteiger partial charge is 0.265 e. The largest absolute Gasteiger partial charge is 0.271 e. The van der Waals surface area contributed by atoms with Gasteiger partial charge in [-0.2, -0.15) is 10.2 Å². The van der Waals surface area contributed by atoms with Gasteiger partial charge >= 0.3 is 0 Å². The minimum Gasteiger partial charge on any atom is -0.271 e. The van der Waals surface area contributed by atoms with Gasteiger partial charge in [-0.15, -0.1) is 0 Å². The third-order valence-corrected chi connectivity index (χ3v) is 3.26. The SMILES string of the molecule is CC1=NNC(=O)C2CC(c3ccc(C)cc3)=NN12. The molecule has 5 heteroatoms. The maximum absolute atomic E-state index is 11.7. The first-order chi connectivity index (χ1) is 8.65. The van der Waals surface area contributed by atoms with Gasteiger partial charge in [0, 0.05) is 6.42 Å². The number of benzene rings is 1. The van der Waals surface area contributed by atoms with Crippen LogP contribution in [0.5, 0.6) is 0 Å². The Morgan fingerprint density at radius 1 is 1.28 bits per heavy atom. The van der Waals surface area contributed by atoms with E-state index >= 15 is 0 Å². The van der Waals surface area contributed by atoms with Gasteiger partial charge in [0.2, 0.25) is 0 Å². The Morgan fingerprint density at radius 2 is 2.00 bits per heavy atom. The Bertz CT molecular complexity index is 559. The van der Waals surface area contributed by atoms with Crippen LogP contribution >= 0.6 is 0 Å². The summed E-state index contributed by atoms with van der Waals surface area (Å²) in [4.78, 5) is 11.7.